The number of aryl methyl sites for hydroxylation is 1. The lowest BCUT2D eigenvalue weighted by atomic mass is 10.2. The number of ether oxygens (including phenoxy) is 1. The molecule has 0 saturated carbocycles. The number of nitrogens with zero attached hydrogens (tertiary/aromatic N) is 2. The summed E-state index contributed by atoms with van der Waals surface area (Å²) in [6, 6.07) is 8.02. The third-order valence-electron chi connectivity index (χ3n) is 2.97. The zero-order valence-corrected chi connectivity index (χ0v) is 13.9. The van der Waals surface area contributed by atoms with Gasteiger partial charge in [-0.1, -0.05) is 12.1 Å². The largest absolute Gasteiger partial charge is 0.493 e. The Labute approximate surface area is 131 Å². The van der Waals surface area contributed by atoms with Crippen LogP contribution < -0.4 is 10.5 Å². The predicted molar refractivity (Wildman–Crippen MR) is 86.2 cm³/mol. The fraction of sp³-hybridized carbons (Fsp3) is 0.357. The Morgan fingerprint density at radius 1 is 1.45 bits per heavy atom. The molecule has 20 heavy (non-hydrogen) atoms. The van der Waals surface area contributed by atoms with E-state index in [1.165, 1.54) is 4.90 Å². The van der Waals surface area contributed by atoms with Gasteiger partial charge in [-0.3, -0.25) is 4.68 Å². The maximum atomic E-state index is 6.31. The molecule has 0 aliphatic rings. The van der Waals surface area contributed by atoms with Crippen molar-refractivity contribution in [3.63, 3.8) is 0 Å². The highest BCUT2D eigenvalue weighted by Crippen LogP contribution is 2.32. The number of rotatable bonds is 6. The molecule has 0 bridgehead atoms. The average Bonchev–Trinajstić information content (AvgIpc) is 2.89. The van der Waals surface area contributed by atoms with Gasteiger partial charge in [-0.05, 0) is 35.0 Å². The van der Waals surface area contributed by atoms with Crippen molar-refractivity contribution in [2.75, 3.05) is 12.9 Å². The molecule has 1 aromatic carbocycles. The summed E-state index contributed by atoms with van der Waals surface area (Å²) in [5.41, 5.74) is 7.27. The number of halogens is 1. The second kappa shape index (κ2) is 7.15. The minimum Gasteiger partial charge on any atom is -0.493 e. The van der Waals surface area contributed by atoms with Crippen molar-refractivity contribution in [2.24, 2.45) is 5.73 Å². The van der Waals surface area contributed by atoms with Crippen molar-refractivity contribution in [3.05, 3.63) is 40.6 Å². The number of methoxy groups -OCH3 is 1. The van der Waals surface area contributed by atoms with Crippen LogP contribution in [0.25, 0.3) is 0 Å². The van der Waals surface area contributed by atoms with Gasteiger partial charge in [0.2, 0.25) is 0 Å². The highest BCUT2D eigenvalue weighted by Gasteiger charge is 2.18. The zero-order chi connectivity index (χ0) is 14.5. The van der Waals surface area contributed by atoms with Gasteiger partial charge < -0.3 is 10.5 Å². The van der Waals surface area contributed by atoms with E-state index in [1.807, 2.05) is 29.8 Å². The predicted octanol–water partition coefficient (Wildman–Crippen LogP) is 3.47. The van der Waals surface area contributed by atoms with Crippen LogP contribution in [0.4, 0.5) is 0 Å². The summed E-state index contributed by atoms with van der Waals surface area (Å²) < 4.78 is 8.33. The second-order valence-corrected chi connectivity index (χ2v) is 6.18. The molecule has 6 heteroatoms. The molecular weight excluding hydrogens is 338 g/mol. The molecule has 0 aliphatic heterocycles. The van der Waals surface area contributed by atoms with Gasteiger partial charge in [-0.15, -0.1) is 11.8 Å². The van der Waals surface area contributed by atoms with E-state index < -0.39 is 0 Å². The maximum Gasteiger partial charge on any atom is 0.161 e. The Kier molecular flexibility index (Phi) is 5.51. The van der Waals surface area contributed by atoms with Crippen LogP contribution in [0.3, 0.4) is 0 Å². The third-order valence-corrected chi connectivity index (χ3v) is 5.12. The number of thioether (sulfide) groups is 1. The summed E-state index contributed by atoms with van der Waals surface area (Å²) in [5.74, 6) is 1.53. The molecular formula is C14H18BrN3OS. The Bertz CT molecular complexity index is 552. The number of aromatic nitrogens is 2. The highest BCUT2D eigenvalue weighted by molar-refractivity contribution is 9.10. The SMILES string of the molecule is CCn1ncc(OC)c1C(N)CSc1ccccc1Br. The molecule has 1 unspecified atom stereocenters. The van der Waals surface area contributed by atoms with Crippen molar-refractivity contribution in [1.82, 2.24) is 9.78 Å². The summed E-state index contributed by atoms with van der Waals surface area (Å²) in [6.45, 7) is 2.83. The zero-order valence-electron chi connectivity index (χ0n) is 11.5. The van der Waals surface area contributed by atoms with Gasteiger partial charge in [0.05, 0.1) is 25.0 Å². The molecule has 1 heterocycles. The van der Waals surface area contributed by atoms with E-state index >= 15 is 0 Å². The van der Waals surface area contributed by atoms with Crippen LogP contribution >= 0.6 is 27.7 Å². The average molecular weight is 356 g/mol. The van der Waals surface area contributed by atoms with Crippen molar-refractivity contribution in [1.29, 1.82) is 0 Å². The molecule has 0 saturated heterocycles. The first kappa shape index (κ1) is 15.4. The molecule has 2 rings (SSSR count). The standard InChI is InChI=1S/C14H18BrN3OS/c1-3-18-14(12(19-2)8-17-18)11(16)9-20-13-7-5-4-6-10(13)15/h4-8,11H,3,9,16H2,1-2H3. The van der Waals surface area contributed by atoms with Crippen LogP contribution in [0.1, 0.15) is 18.7 Å². The van der Waals surface area contributed by atoms with Gasteiger partial charge in [0.15, 0.2) is 5.75 Å². The molecule has 2 aromatic rings. The lowest BCUT2D eigenvalue weighted by molar-refractivity contribution is 0.403. The summed E-state index contributed by atoms with van der Waals surface area (Å²) in [6.07, 6.45) is 1.72. The van der Waals surface area contributed by atoms with E-state index in [1.54, 1.807) is 25.1 Å². The molecule has 108 valence electrons. The van der Waals surface area contributed by atoms with E-state index in [4.69, 9.17) is 10.5 Å². The topological polar surface area (TPSA) is 53.1 Å². The van der Waals surface area contributed by atoms with Crippen molar-refractivity contribution in [3.8, 4) is 5.75 Å². The summed E-state index contributed by atoms with van der Waals surface area (Å²) in [4.78, 5) is 1.18. The van der Waals surface area contributed by atoms with Crippen LogP contribution in [0.5, 0.6) is 5.75 Å². The van der Waals surface area contributed by atoms with Gasteiger partial charge in [0.1, 0.15) is 0 Å². The number of nitrogens with two attached hydrogens (primary N) is 1. The fourth-order valence-electron chi connectivity index (χ4n) is 1.98. The molecule has 0 radical (unpaired) electrons. The van der Waals surface area contributed by atoms with Gasteiger partial charge >= 0.3 is 0 Å². The fourth-order valence-corrected chi connectivity index (χ4v) is 3.51. The van der Waals surface area contributed by atoms with Crippen LogP contribution in [0.2, 0.25) is 0 Å². The Morgan fingerprint density at radius 2 is 2.20 bits per heavy atom. The minimum absolute atomic E-state index is 0.121. The van der Waals surface area contributed by atoms with Crippen molar-refractivity contribution < 1.29 is 4.74 Å². The maximum absolute atomic E-state index is 6.31. The quantitative estimate of drug-likeness (QED) is 0.806. The smallest absolute Gasteiger partial charge is 0.161 e. The highest BCUT2D eigenvalue weighted by atomic mass is 79.9. The van der Waals surface area contributed by atoms with Gasteiger partial charge in [0, 0.05) is 21.7 Å². The third kappa shape index (κ3) is 3.37. The molecule has 1 aromatic heterocycles. The van der Waals surface area contributed by atoms with Crippen molar-refractivity contribution in [2.45, 2.75) is 24.4 Å². The first-order valence-corrected chi connectivity index (χ1v) is 8.17. The first-order valence-electron chi connectivity index (χ1n) is 6.40. The van der Waals surface area contributed by atoms with Gasteiger partial charge in [0.25, 0.3) is 0 Å². The van der Waals surface area contributed by atoms with Crippen molar-refractivity contribution >= 4 is 27.7 Å². The number of hydrogen-bond acceptors (Lipinski definition) is 4. The first-order chi connectivity index (χ1) is 9.67. The number of benzene rings is 1. The summed E-state index contributed by atoms with van der Waals surface area (Å²) >= 11 is 5.27. The molecule has 0 fully saturated rings. The summed E-state index contributed by atoms with van der Waals surface area (Å²) in [7, 11) is 1.65. The van der Waals surface area contributed by atoms with Gasteiger partial charge in [-0.25, -0.2) is 0 Å². The van der Waals surface area contributed by atoms with Crippen LogP contribution in [-0.4, -0.2) is 22.6 Å². The van der Waals surface area contributed by atoms with Gasteiger partial charge in [-0.2, -0.15) is 5.10 Å². The Morgan fingerprint density at radius 3 is 2.85 bits per heavy atom. The normalized spacial score (nSPS) is 12.4. The molecule has 0 spiro atoms. The molecule has 0 amide bonds. The van der Waals surface area contributed by atoms with E-state index in [0.29, 0.717) is 0 Å². The van der Waals surface area contributed by atoms with E-state index in [2.05, 4.69) is 27.1 Å². The van der Waals surface area contributed by atoms with E-state index in [0.717, 1.165) is 28.2 Å². The van der Waals surface area contributed by atoms with E-state index in [-0.39, 0.29) is 6.04 Å². The van der Waals surface area contributed by atoms with Crippen LogP contribution in [-0.2, 0) is 6.54 Å². The Balaban J connectivity index is 2.10. The monoisotopic (exact) mass is 355 g/mol. The molecule has 0 aliphatic carbocycles. The lowest BCUT2D eigenvalue weighted by Gasteiger charge is -2.15. The Hall–Kier alpha value is -0.980. The second-order valence-electron chi connectivity index (χ2n) is 4.26. The minimum atomic E-state index is -0.121. The van der Waals surface area contributed by atoms with E-state index in [9.17, 15) is 0 Å². The lowest BCUT2D eigenvalue weighted by Crippen LogP contribution is -2.19. The molecule has 2 N–H and O–H groups in total. The number of hydrogen-bond donors (Lipinski definition) is 1. The van der Waals surface area contributed by atoms with Crippen LogP contribution in [0, 0.1) is 0 Å². The molecule has 4 nitrogen and oxygen atoms in total. The molecule has 1 atom stereocenters. The summed E-state index contributed by atoms with van der Waals surface area (Å²) in [5, 5.41) is 4.29. The van der Waals surface area contributed by atoms with Crippen LogP contribution in [0.15, 0.2) is 39.8 Å².